The second-order valence-electron chi connectivity index (χ2n) is 6.92. The highest BCUT2D eigenvalue weighted by Crippen LogP contribution is 2.25. The molecule has 1 amide bonds. The van der Waals surface area contributed by atoms with Crippen molar-refractivity contribution >= 4 is 28.0 Å². The monoisotopic (exact) mass is 405 g/mol. The predicted molar refractivity (Wildman–Crippen MR) is 117 cm³/mol. The fourth-order valence-corrected chi connectivity index (χ4v) is 3.87. The van der Waals surface area contributed by atoms with Crippen LogP contribution >= 0.6 is 11.3 Å². The second-order valence-corrected chi connectivity index (χ2v) is 7.81. The summed E-state index contributed by atoms with van der Waals surface area (Å²) < 4.78 is 0. The topological polar surface area (TPSA) is 96.7 Å². The molecule has 0 aliphatic heterocycles. The molecule has 0 spiro atoms. The molecule has 0 radical (unpaired) electrons. The molecule has 6 nitrogen and oxygen atoms in total. The molecule has 4 N–H and O–H groups in total. The van der Waals surface area contributed by atoms with E-state index in [1.807, 2.05) is 18.3 Å². The molecular formula is C22H23N5OS. The standard InChI is InChI=1S/C22H23N5OS/c23-10-4-3-7-18(27-22(28)20-13-24-14-29-20)21-25-12-19(26-21)17-9-8-15-5-1-2-6-16(15)11-17/h1-2,5-6,8-9,11-14,18H,3-4,7,10,23H2,(H,25,26)(H,27,28)/t18-/m0/s1. The largest absolute Gasteiger partial charge is 0.341 e. The van der Waals surface area contributed by atoms with Crippen LogP contribution in [0.25, 0.3) is 22.0 Å². The molecule has 29 heavy (non-hydrogen) atoms. The number of nitrogens with one attached hydrogen (secondary N) is 2. The number of fused-ring (bicyclic) bond motifs is 1. The highest BCUT2D eigenvalue weighted by molar-refractivity contribution is 7.11. The van der Waals surface area contributed by atoms with E-state index < -0.39 is 0 Å². The smallest absolute Gasteiger partial charge is 0.263 e. The Balaban J connectivity index is 1.57. The number of aromatic amines is 1. The molecule has 4 rings (SSSR count). The van der Waals surface area contributed by atoms with Crippen molar-refractivity contribution in [1.29, 1.82) is 0 Å². The Kier molecular flexibility index (Phi) is 5.97. The number of H-pyrrole nitrogens is 1. The van der Waals surface area contributed by atoms with Gasteiger partial charge in [0.15, 0.2) is 0 Å². The van der Waals surface area contributed by atoms with Gasteiger partial charge in [-0.3, -0.25) is 9.78 Å². The number of amides is 1. The van der Waals surface area contributed by atoms with E-state index in [1.165, 1.54) is 22.1 Å². The van der Waals surface area contributed by atoms with Crippen LogP contribution < -0.4 is 11.1 Å². The van der Waals surface area contributed by atoms with E-state index in [0.29, 0.717) is 11.4 Å². The van der Waals surface area contributed by atoms with Gasteiger partial charge in [-0.15, -0.1) is 11.3 Å². The first-order valence-electron chi connectivity index (χ1n) is 9.68. The van der Waals surface area contributed by atoms with E-state index in [9.17, 15) is 4.79 Å². The quantitative estimate of drug-likeness (QED) is 0.381. The lowest BCUT2D eigenvalue weighted by Crippen LogP contribution is -2.29. The van der Waals surface area contributed by atoms with Crippen molar-refractivity contribution in [3.05, 3.63) is 71.1 Å². The Labute approximate surface area is 173 Å². The van der Waals surface area contributed by atoms with Crippen LogP contribution in [0.1, 0.15) is 40.8 Å². The lowest BCUT2D eigenvalue weighted by atomic mass is 10.1. The molecule has 0 saturated carbocycles. The summed E-state index contributed by atoms with van der Waals surface area (Å²) in [4.78, 5) is 25.1. The maximum absolute atomic E-state index is 12.5. The number of carbonyl (C=O) groups is 1. The number of hydrogen-bond donors (Lipinski definition) is 3. The zero-order valence-electron chi connectivity index (χ0n) is 16.0. The maximum atomic E-state index is 12.5. The molecule has 0 aliphatic rings. The zero-order valence-corrected chi connectivity index (χ0v) is 16.8. The van der Waals surface area contributed by atoms with Crippen molar-refractivity contribution < 1.29 is 4.79 Å². The van der Waals surface area contributed by atoms with Gasteiger partial charge in [0.2, 0.25) is 0 Å². The highest BCUT2D eigenvalue weighted by Gasteiger charge is 2.19. The van der Waals surface area contributed by atoms with Gasteiger partial charge in [0.25, 0.3) is 5.91 Å². The lowest BCUT2D eigenvalue weighted by Gasteiger charge is -2.16. The molecule has 2 aromatic heterocycles. The minimum Gasteiger partial charge on any atom is -0.341 e. The third-order valence-corrected chi connectivity index (χ3v) is 5.67. The number of hydrogen-bond acceptors (Lipinski definition) is 5. The Morgan fingerprint density at radius 2 is 2.00 bits per heavy atom. The van der Waals surface area contributed by atoms with Gasteiger partial charge >= 0.3 is 0 Å². The van der Waals surface area contributed by atoms with Crippen molar-refractivity contribution in [3.8, 4) is 11.3 Å². The molecule has 7 heteroatoms. The van der Waals surface area contributed by atoms with E-state index in [4.69, 9.17) is 5.73 Å². The third kappa shape index (κ3) is 4.52. The SMILES string of the molecule is NCCCC[C@H](NC(=O)c1cncs1)c1ncc(-c2ccc3ccccc3c2)[nH]1. The van der Waals surface area contributed by atoms with Crippen LogP contribution in [0.5, 0.6) is 0 Å². The molecular weight excluding hydrogens is 382 g/mol. The number of imidazole rings is 1. The first-order valence-corrected chi connectivity index (χ1v) is 10.6. The summed E-state index contributed by atoms with van der Waals surface area (Å²) in [6.45, 7) is 0.635. The summed E-state index contributed by atoms with van der Waals surface area (Å²) in [6.07, 6.45) is 6.00. The van der Waals surface area contributed by atoms with Crippen LogP contribution in [-0.2, 0) is 0 Å². The summed E-state index contributed by atoms with van der Waals surface area (Å²) in [5.74, 6) is 0.622. The molecule has 1 atom stereocenters. The van der Waals surface area contributed by atoms with Gasteiger partial charge in [0.05, 0.1) is 29.6 Å². The average Bonchev–Trinajstić information content (AvgIpc) is 3.45. The number of rotatable bonds is 8. The van der Waals surface area contributed by atoms with Gasteiger partial charge in [0, 0.05) is 5.56 Å². The summed E-state index contributed by atoms with van der Waals surface area (Å²) >= 11 is 1.33. The zero-order chi connectivity index (χ0) is 20.1. The number of thiazole rings is 1. The van der Waals surface area contributed by atoms with Gasteiger partial charge in [-0.1, -0.05) is 36.4 Å². The van der Waals surface area contributed by atoms with Gasteiger partial charge < -0.3 is 16.0 Å². The van der Waals surface area contributed by atoms with E-state index >= 15 is 0 Å². The van der Waals surface area contributed by atoms with E-state index in [1.54, 1.807) is 11.7 Å². The number of benzene rings is 2. The van der Waals surface area contributed by atoms with Crippen molar-refractivity contribution in [2.75, 3.05) is 6.54 Å². The number of aromatic nitrogens is 3. The van der Waals surface area contributed by atoms with Crippen molar-refractivity contribution in [2.24, 2.45) is 5.73 Å². The van der Waals surface area contributed by atoms with Crippen LogP contribution in [0, 0.1) is 0 Å². The molecule has 0 saturated heterocycles. The van der Waals surface area contributed by atoms with E-state index in [-0.39, 0.29) is 11.9 Å². The molecule has 2 heterocycles. The number of unbranched alkanes of at least 4 members (excludes halogenated alkanes) is 1. The predicted octanol–water partition coefficient (Wildman–Crippen LogP) is 4.29. The molecule has 4 aromatic rings. The Hall–Kier alpha value is -3.03. The number of nitrogens with two attached hydrogens (primary N) is 1. The second kappa shape index (κ2) is 8.98. The van der Waals surface area contributed by atoms with E-state index in [0.717, 1.165) is 36.3 Å². The number of nitrogens with zero attached hydrogens (tertiary/aromatic N) is 2. The normalized spacial score (nSPS) is 12.2. The maximum Gasteiger partial charge on any atom is 0.263 e. The fourth-order valence-electron chi connectivity index (χ4n) is 3.34. The molecule has 2 aromatic carbocycles. The van der Waals surface area contributed by atoms with Crippen LogP contribution in [0.15, 0.2) is 60.4 Å². The molecule has 0 unspecified atom stereocenters. The third-order valence-electron chi connectivity index (χ3n) is 4.89. The van der Waals surface area contributed by atoms with Crippen molar-refractivity contribution in [1.82, 2.24) is 20.3 Å². The van der Waals surface area contributed by atoms with E-state index in [2.05, 4.69) is 50.6 Å². The average molecular weight is 406 g/mol. The summed E-state index contributed by atoms with van der Waals surface area (Å²) in [7, 11) is 0. The highest BCUT2D eigenvalue weighted by atomic mass is 32.1. The number of carbonyl (C=O) groups excluding carboxylic acids is 1. The summed E-state index contributed by atoms with van der Waals surface area (Å²) in [6, 6.07) is 14.4. The molecule has 148 valence electrons. The van der Waals surface area contributed by atoms with Crippen LogP contribution in [0.3, 0.4) is 0 Å². The Morgan fingerprint density at radius 3 is 2.79 bits per heavy atom. The van der Waals surface area contributed by atoms with Gasteiger partial charge in [-0.2, -0.15) is 0 Å². The summed E-state index contributed by atoms with van der Waals surface area (Å²) in [5, 5.41) is 5.47. The Bertz CT molecular complexity index is 1090. The van der Waals surface area contributed by atoms with Gasteiger partial charge in [-0.25, -0.2) is 4.98 Å². The van der Waals surface area contributed by atoms with Crippen LogP contribution in [0.4, 0.5) is 0 Å². The summed E-state index contributed by atoms with van der Waals surface area (Å²) in [5.41, 5.74) is 9.29. The lowest BCUT2D eigenvalue weighted by molar-refractivity contribution is 0.0936. The van der Waals surface area contributed by atoms with Gasteiger partial charge in [0.1, 0.15) is 10.7 Å². The van der Waals surface area contributed by atoms with Crippen molar-refractivity contribution in [2.45, 2.75) is 25.3 Å². The minimum atomic E-state index is -0.203. The van der Waals surface area contributed by atoms with Crippen molar-refractivity contribution in [3.63, 3.8) is 0 Å². The minimum absolute atomic E-state index is 0.131. The molecule has 0 aliphatic carbocycles. The first kappa shape index (κ1) is 19.3. The first-order chi connectivity index (χ1) is 14.2. The van der Waals surface area contributed by atoms with Gasteiger partial charge in [-0.05, 0) is 42.6 Å². The fraction of sp³-hybridized carbons (Fsp3) is 0.227. The van der Waals surface area contributed by atoms with Crippen LogP contribution in [-0.4, -0.2) is 27.4 Å². The molecule has 0 bridgehead atoms. The van der Waals surface area contributed by atoms with Crippen LogP contribution in [0.2, 0.25) is 0 Å². The molecule has 0 fully saturated rings. The Morgan fingerprint density at radius 1 is 1.14 bits per heavy atom.